The average molecular weight is 208 g/mol. The van der Waals surface area contributed by atoms with Crippen LogP contribution in [0.15, 0.2) is 0 Å². The van der Waals surface area contributed by atoms with Gasteiger partial charge in [0.2, 0.25) is 0 Å². The van der Waals surface area contributed by atoms with Crippen molar-refractivity contribution in [1.29, 1.82) is 0 Å². The zero-order valence-electron chi connectivity index (χ0n) is 10.2. The number of ketones is 1. The maximum atomic E-state index is 11.7. The number of hydrogen-bond donors (Lipinski definition) is 0. The van der Waals surface area contributed by atoms with Gasteiger partial charge in [-0.3, -0.25) is 4.79 Å². The van der Waals surface area contributed by atoms with Gasteiger partial charge in [-0.15, -0.1) is 0 Å². The van der Waals surface area contributed by atoms with Gasteiger partial charge in [-0.1, -0.05) is 26.7 Å². The molecule has 0 aliphatic heterocycles. The maximum Gasteiger partial charge on any atom is 0.135 e. The Kier molecular flexibility index (Phi) is 3.48. The lowest BCUT2D eigenvalue weighted by molar-refractivity contribution is -0.126. The molecule has 86 valence electrons. The van der Waals surface area contributed by atoms with Crippen LogP contribution in [0.1, 0.15) is 58.8 Å². The minimum absolute atomic E-state index is 0.351. The molecule has 0 aromatic carbocycles. The first-order valence-corrected chi connectivity index (χ1v) is 6.69. The van der Waals surface area contributed by atoms with Crippen molar-refractivity contribution in [2.75, 3.05) is 0 Å². The third kappa shape index (κ3) is 2.62. The zero-order chi connectivity index (χ0) is 10.8. The van der Waals surface area contributed by atoms with Crippen molar-refractivity contribution in [3.63, 3.8) is 0 Å². The normalized spacial score (nSPS) is 42.9. The molecular weight excluding hydrogens is 184 g/mol. The SMILES string of the molecule is CC1CCC(C2CCC(C)C(=O)C2)CC1. The van der Waals surface area contributed by atoms with Crippen LogP contribution < -0.4 is 0 Å². The number of Topliss-reactive ketones (excluding diaryl/α,β-unsaturated/α-hetero) is 1. The van der Waals surface area contributed by atoms with Gasteiger partial charge >= 0.3 is 0 Å². The first-order valence-electron chi connectivity index (χ1n) is 6.69. The molecule has 0 bridgehead atoms. The molecular formula is C14H24O. The molecule has 0 N–H and O–H groups in total. The Morgan fingerprint density at radius 3 is 2.07 bits per heavy atom. The summed E-state index contributed by atoms with van der Waals surface area (Å²) in [6.45, 7) is 4.46. The highest BCUT2D eigenvalue weighted by molar-refractivity contribution is 5.81. The summed E-state index contributed by atoms with van der Waals surface area (Å²) in [5, 5.41) is 0. The van der Waals surface area contributed by atoms with Gasteiger partial charge in [-0.2, -0.15) is 0 Å². The van der Waals surface area contributed by atoms with Crippen molar-refractivity contribution >= 4 is 5.78 Å². The number of carbonyl (C=O) groups excluding carboxylic acids is 1. The van der Waals surface area contributed by atoms with E-state index in [-0.39, 0.29) is 0 Å². The summed E-state index contributed by atoms with van der Waals surface area (Å²) in [5.41, 5.74) is 0. The van der Waals surface area contributed by atoms with E-state index in [2.05, 4.69) is 13.8 Å². The van der Waals surface area contributed by atoms with Crippen LogP contribution in [0, 0.1) is 23.7 Å². The van der Waals surface area contributed by atoms with E-state index in [1.165, 1.54) is 32.1 Å². The largest absolute Gasteiger partial charge is 0.299 e. The molecule has 0 saturated heterocycles. The number of hydrogen-bond acceptors (Lipinski definition) is 1. The zero-order valence-corrected chi connectivity index (χ0v) is 10.2. The highest BCUT2D eigenvalue weighted by Crippen LogP contribution is 2.39. The molecule has 1 heteroatoms. The summed E-state index contributed by atoms with van der Waals surface area (Å²) in [6.07, 6.45) is 8.90. The monoisotopic (exact) mass is 208 g/mol. The molecule has 0 aromatic rings. The lowest BCUT2D eigenvalue weighted by atomic mass is 9.69. The molecule has 2 unspecified atom stereocenters. The fourth-order valence-electron chi connectivity index (χ4n) is 3.35. The van der Waals surface area contributed by atoms with E-state index in [1.54, 1.807) is 0 Å². The van der Waals surface area contributed by atoms with Gasteiger partial charge in [0.05, 0.1) is 0 Å². The second-order valence-electron chi connectivity index (χ2n) is 5.93. The van der Waals surface area contributed by atoms with Crippen LogP contribution in [-0.4, -0.2) is 5.78 Å². The van der Waals surface area contributed by atoms with E-state index < -0.39 is 0 Å². The molecule has 2 aliphatic carbocycles. The Labute approximate surface area is 93.6 Å². The van der Waals surface area contributed by atoms with Gasteiger partial charge in [0.25, 0.3) is 0 Å². The Bertz CT molecular complexity index is 225. The molecule has 0 spiro atoms. The van der Waals surface area contributed by atoms with Crippen molar-refractivity contribution in [3.05, 3.63) is 0 Å². The van der Waals surface area contributed by atoms with Crippen molar-refractivity contribution in [3.8, 4) is 0 Å². The molecule has 2 fully saturated rings. The minimum Gasteiger partial charge on any atom is -0.299 e. The summed E-state index contributed by atoms with van der Waals surface area (Å²) in [7, 11) is 0. The van der Waals surface area contributed by atoms with E-state index >= 15 is 0 Å². The molecule has 0 amide bonds. The van der Waals surface area contributed by atoms with Crippen molar-refractivity contribution < 1.29 is 4.79 Å². The average Bonchev–Trinajstić information content (AvgIpc) is 2.23. The van der Waals surface area contributed by atoms with Gasteiger partial charge in [-0.05, 0) is 43.4 Å². The molecule has 2 aliphatic rings. The van der Waals surface area contributed by atoms with Crippen molar-refractivity contribution in [2.24, 2.45) is 23.7 Å². The topological polar surface area (TPSA) is 17.1 Å². The molecule has 0 radical (unpaired) electrons. The third-order valence-corrected chi connectivity index (χ3v) is 4.71. The third-order valence-electron chi connectivity index (χ3n) is 4.71. The van der Waals surface area contributed by atoms with Gasteiger partial charge < -0.3 is 0 Å². The summed E-state index contributed by atoms with van der Waals surface area (Å²) >= 11 is 0. The first kappa shape index (κ1) is 11.2. The Morgan fingerprint density at radius 2 is 1.47 bits per heavy atom. The predicted octanol–water partition coefficient (Wildman–Crippen LogP) is 3.82. The predicted molar refractivity (Wildman–Crippen MR) is 62.6 cm³/mol. The summed E-state index contributed by atoms with van der Waals surface area (Å²) in [5.74, 6) is 3.42. The van der Waals surface area contributed by atoms with Gasteiger partial charge in [0.15, 0.2) is 0 Å². The minimum atomic E-state index is 0.351. The lowest BCUT2D eigenvalue weighted by Gasteiger charge is -2.35. The van der Waals surface area contributed by atoms with Crippen LogP contribution in [0.4, 0.5) is 0 Å². The standard InChI is InChI=1S/C14H24O/c1-10-3-6-12(7-4-10)13-8-5-11(2)14(15)9-13/h10-13H,3-9H2,1-2H3. The molecule has 2 rings (SSSR count). The van der Waals surface area contributed by atoms with Crippen molar-refractivity contribution in [2.45, 2.75) is 58.8 Å². The Hall–Kier alpha value is -0.330. The van der Waals surface area contributed by atoms with Crippen LogP contribution >= 0.6 is 0 Å². The Balaban J connectivity index is 1.86. The molecule has 15 heavy (non-hydrogen) atoms. The van der Waals surface area contributed by atoms with E-state index in [9.17, 15) is 4.79 Å². The van der Waals surface area contributed by atoms with Gasteiger partial charge in [-0.25, -0.2) is 0 Å². The lowest BCUT2D eigenvalue weighted by Crippen LogP contribution is -2.29. The highest BCUT2D eigenvalue weighted by atomic mass is 16.1. The fraction of sp³-hybridized carbons (Fsp3) is 0.929. The highest BCUT2D eigenvalue weighted by Gasteiger charge is 2.32. The Morgan fingerprint density at radius 1 is 0.867 bits per heavy atom. The maximum absolute atomic E-state index is 11.7. The van der Waals surface area contributed by atoms with Crippen LogP contribution in [0.2, 0.25) is 0 Å². The van der Waals surface area contributed by atoms with E-state index in [1.807, 2.05) is 0 Å². The smallest absolute Gasteiger partial charge is 0.135 e. The van der Waals surface area contributed by atoms with Gasteiger partial charge in [0, 0.05) is 12.3 Å². The molecule has 0 aromatic heterocycles. The number of rotatable bonds is 1. The first-order chi connectivity index (χ1) is 7.16. The van der Waals surface area contributed by atoms with Crippen LogP contribution in [0.3, 0.4) is 0 Å². The number of carbonyl (C=O) groups is 1. The molecule has 1 nitrogen and oxygen atoms in total. The van der Waals surface area contributed by atoms with Crippen LogP contribution in [0.25, 0.3) is 0 Å². The fourth-order valence-corrected chi connectivity index (χ4v) is 3.35. The summed E-state index contributed by atoms with van der Waals surface area (Å²) in [6, 6.07) is 0. The molecule has 2 atom stereocenters. The van der Waals surface area contributed by atoms with E-state index in [0.717, 1.165) is 30.6 Å². The molecule has 2 saturated carbocycles. The van der Waals surface area contributed by atoms with Crippen molar-refractivity contribution in [1.82, 2.24) is 0 Å². The summed E-state index contributed by atoms with van der Waals surface area (Å²) < 4.78 is 0. The van der Waals surface area contributed by atoms with E-state index in [4.69, 9.17) is 0 Å². The summed E-state index contributed by atoms with van der Waals surface area (Å²) in [4.78, 5) is 11.7. The van der Waals surface area contributed by atoms with Gasteiger partial charge in [0.1, 0.15) is 5.78 Å². The van der Waals surface area contributed by atoms with Crippen LogP contribution in [-0.2, 0) is 4.79 Å². The second-order valence-corrected chi connectivity index (χ2v) is 5.93. The quantitative estimate of drug-likeness (QED) is 0.640. The second kappa shape index (κ2) is 4.67. The molecule has 0 heterocycles. The van der Waals surface area contributed by atoms with E-state index in [0.29, 0.717) is 11.7 Å². The van der Waals surface area contributed by atoms with Crippen LogP contribution in [0.5, 0.6) is 0 Å².